The average molecular weight is 528 g/mol. The van der Waals surface area contributed by atoms with Crippen LogP contribution in [0.1, 0.15) is 41.4 Å². The Morgan fingerprint density at radius 3 is 2.54 bits per heavy atom. The van der Waals surface area contributed by atoms with E-state index in [2.05, 4.69) is 9.97 Å². The number of oxazole rings is 1. The molecule has 37 heavy (non-hydrogen) atoms. The van der Waals surface area contributed by atoms with Crippen molar-refractivity contribution in [1.29, 1.82) is 0 Å². The Bertz CT molecular complexity index is 1440. The van der Waals surface area contributed by atoms with Gasteiger partial charge in [-0.1, -0.05) is 18.2 Å². The van der Waals surface area contributed by atoms with Crippen molar-refractivity contribution in [2.24, 2.45) is 0 Å². The molecule has 0 aliphatic rings. The third-order valence-corrected chi connectivity index (χ3v) is 6.36. The molecule has 0 aliphatic heterocycles. The highest BCUT2D eigenvalue weighted by molar-refractivity contribution is 7.89. The number of sulfone groups is 1. The maximum Gasteiger partial charge on any atom is 0.218 e. The Hall–Kier alpha value is -3.79. The number of aryl methyl sites for hydroxylation is 2. The molecule has 2 heterocycles. The molecule has 0 saturated heterocycles. The molecule has 0 unspecified atom stereocenters. The second-order valence-corrected chi connectivity index (χ2v) is 10.8. The molecule has 2 aromatic heterocycles. The molecule has 194 valence electrons. The van der Waals surface area contributed by atoms with E-state index < -0.39 is 21.5 Å². The van der Waals surface area contributed by atoms with Gasteiger partial charge in [-0.15, -0.1) is 0 Å². The summed E-state index contributed by atoms with van der Waals surface area (Å²) in [6.45, 7) is 0.904. The SMILES string of the molecule is CS(=O)(=O)Cc1nccn1CCCCc1ccc(OCc2coc(C=Cc3c(F)cccc3F)n2)cc1. The van der Waals surface area contributed by atoms with Crippen LogP contribution in [0.3, 0.4) is 0 Å². The average Bonchev–Trinajstić information content (AvgIpc) is 3.49. The lowest BCUT2D eigenvalue weighted by atomic mass is 10.1. The Labute approximate surface area is 214 Å². The minimum absolute atomic E-state index is 0.0541. The predicted octanol–water partition coefficient (Wildman–Crippen LogP) is 5.47. The number of ether oxygens (including phenoxy) is 1. The van der Waals surface area contributed by atoms with Crippen LogP contribution in [-0.4, -0.2) is 29.2 Å². The minimum atomic E-state index is -3.12. The lowest BCUT2D eigenvalue weighted by Crippen LogP contribution is -2.09. The lowest BCUT2D eigenvalue weighted by Gasteiger charge is -2.08. The molecule has 0 spiro atoms. The Morgan fingerprint density at radius 2 is 1.81 bits per heavy atom. The van der Waals surface area contributed by atoms with E-state index in [0.29, 0.717) is 17.3 Å². The number of unbranched alkanes of at least 4 members (excludes halogenated alkanes) is 1. The van der Waals surface area contributed by atoms with Crippen LogP contribution in [-0.2, 0) is 35.2 Å². The summed E-state index contributed by atoms with van der Waals surface area (Å²) in [6, 6.07) is 11.4. The molecule has 0 aliphatic carbocycles. The lowest BCUT2D eigenvalue weighted by molar-refractivity contribution is 0.301. The quantitative estimate of drug-likeness (QED) is 0.227. The number of aromatic nitrogens is 3. The van der Waals surface area contributed by atoms with Gasteiger partial charge in [-0.05, 0) is 55.2 Å². The normalized spacial score (nSPS) is 11.9. The van der Waals surface area contributed by atoms with Gasteiger partial charge >= 0.3 is 0 Å². The van der Waals surface area contributed by atoms with Gasteiger partial charge in [-0.25, -0.2) is 27.2 Å². The molecule has 0 atom stereocenters. The van der Waals surface area contributed by atoms with Crippen LogP contribution in [0, 0.1) is 11.6 Å². The van der Waals surface area contributed by atoms with Crippen molar-refractivity contribution in [3.05, 3.63) is 101 Å². The van der Waals surface area contributed by atoms with Gasteiger partial charge in [-0.3, -0.25) is 0 Å². The van der Waals surface area contributed by atoms with E-state index in [1.807, 2.05) is 35.0 Å². The number of imidazole rings is 1. The van der Waals surface area contributed by atoms with Gasteiger partial charge in [0.25, 0.3) is 0 Å². The van der Waals surface area contributed by atoms with Gasteiger partial charge < -0.3 is 13.7 Å². The molecule has 0 radical (unpaired) electrons. The first-order valence-electron chi connectivity index (χ1n) is 11.7. The summed E-state index contributed by atoms with van der Waals surface area (Å²) in [7, 11) is -3.12. The summed E-state index contributed by atoms with van der Waals surface area (Å²) in [5, 5.41) is 0. The summed E-state index contributed by atoms with van der Waals surface area (Å²) >= 11 is 0. The second kappa shape index (κ2) is 12.0. The van der Waals surface area contributed by atoms with Crippen LogP contribution in [0.15, 0.2) is 65.5 Å². The molecule has 4 rings (SSSR count). The molecular formula is C27H27F2N3O4S. The number of halogens is 2. The summed E-state index contributed by atoms with van der Waals surface area (Å²) in [5.74, 6) is 0.0927. The molecule has 0 amide bonds. The van der Waals surface area contributed by atoms with E-state index in [4.69, 9.17) is 9.15 Å². The molecule has 10 heteroatoms. The van der Waals surface area contributed by atoms with Crippen molar-refractivity contribution < 1.29 is 26.4 Å². The standard InChI is InChI=1S/C27H27F2N3O4S/c1-37(33,34)19-26-30-14-16-32(26)15-3-2-5-20-8-10-22(11-9-20)35-17-21-18-36-27(31-21)13-12-23-24(28)6-4-7-25(23)29/h4,6-14,16,18H,2-3,5,15,17,19H2,1H3. The van der Waals surface area contributed by atoms with E-state index in [-0.39, 0.29) is 23.8 Å². The van der Waals surface area contributed by atoms with Crippen LogP contribution >= 0.6 is 0 Å². The minimum Gasteiger partial charge on any atom is -0.487 e. The fourth-order valence-electron chi connectivity index (χ4n) is 3.73. The van der Waals surface area contributed by atoms with Crippen LogP contribution in [0.5, 0.6) is 5.75 Å². The summed E-state index contributed by atoms with van der Waals surface area (Å²) < 4.78 is 63.5. The van der Waals surface area contributed by atoms with Gasteiger partial charge in [0.15, 0.2) is 9.84 Å². The zero-order chi connectivity index (χ0) is 26.3. The third kappa shape index (κ3) is 7.85. The largest absolute Gasteiger partial charge is 0.487 e. The number of nitrogens with zero attached hydrogens (tertiary/aromatic N) is 3. The fraction of sp³-hybridized carbons (Fsp3) is 0.259. The maximum absolute atomic E-state index is 13.7. The first kappa shape index (κ1) is 26.3. The van der Waals surface area contributed by atoms with Gasteiger partial charge in [0.05, 0.1) is 0 Å². The van der Waals surface area contributed by atoms with Crippen LogP contribution in [0.4, 0.5) is 8.78 Å². The van der Waals surface area contributed by atoms with Crippen LogP contribution in [0.25, 0.3) is 12.2 Å². The van der Waals surface area contributed by atoms with E-state index in [1.54, 1.807) is 6.20 Å². The summed E-state index contributed by atoms with van der Waals surface area (Å²) in [5.41, 5.74) is 1.56. The van der Waals surface area contributed by atoms with Crippen molar-refractivity contribution in [3.8, 4) is 5.75 Å². The summed E-state index contributed by atoms with van der Waals surface area (Å²) in [4.78, 5) is 8.40. The highest BCUT2D eigenvalue weighted by Gasteiger charge is 2.10. The monoisotopic (exact) mass is 527 g/mol. The molecular weight excluding hydrogens is 500 g/mol. The predicted molar refractivity (Wildman–Crippen MR) is 136 cm³/mol. The second-order valence-electron chi connectivity index (χ2n) is 8.64. The van der Waals surface area contributed by atoms with Gasteiger partial charge in [0.2, 0.25) is 5.89 Å². The zero-order valence-corrected chi connectivity index (χ0v) is 21.1. The molecule has 0 N–H and O–H groups in total. The number of benzene rings is 2. The van der Waals surface area contributed by atoms with Crippen LogP contribution < -0.4 is 4.74 Å². The van der Waals surface area contributed by atoms with E-state index in [1.165, 1.54) is 48.4 Å². The number of hydrogen-bond donors (Lipinski definition) is 0. The van der Waals surface area contributed by atoms with Crippen molar-refractivity contribution >= 4 is 22.0 Å². The number of hydrogen-bond acceptors (Lipinski definition) is 6. The highest BCUT2D eigenvalue weighted by atomic mass is 32.2. The first-order valence-corrected chi connectivity index (χ1v) is 13.8. The summed E-state index contributed by atoms with van der Waals surface area (Å²) in [6.07, 6.45) is 11.5. The van der Waals surface area contributed by atoms with Crippen LogP contribution in [0.2, 0.25) is 0 Å². The van der Waals surface area contributed by atoms with E-state index in [0.717, 1.165) is 25.8 Å². The highest BCUT2D eigenvalue weighted by Crippen LogP contribution is 2.18. The van der Waals surface area contributed by atoms with Gasteiger partial charge in [0.1, 0.15) is 47.5 Å². The molecule has 2 aromatic carbocycles. The van der Waals surface area contributed by atoms with E-state index >= 15 is 0 Å². The molecule has 7 nitrogen and oxygen atoms in total. The van der Waals surface area contributed by atoms with Crippen molar-refractivity contribution in [2.45, 2.75) is 38.2 Å². The van der Waals surface area contributed by atoms with Gasteiger partial charge in [-0.2, -0.15) is 0 Å². The van der Waals surface area contributed by atoms with Crippen molar-refractivity contribution in [1.82, 2.24) is 14.5 Å². The number of rotatable bonds is 12. The van der Waals surface area contributed by atoms with Crippen molar-refractivity contribution in [2.75, 3.05) is 6.26 Å². The topological polar surface area (TPSA) is 87.2 Å². The van der Waals surface area contributed by atoms with Crippen molar-refractivity contribution in [3.63, 3.8) is 0 Å². The maximum atomic E-state index is 13.7. The molecule has 0 saturated carbocycles. The Kier molecular flexibility index (Phi) is 8.50. The van der Waals surface area contributed by atoms with E-state index in [9.17, 15) is 17.2 Å². The molecule has 0 fully saturated rings. The Morgan fingerprint density at radius 1 is 1.05 bits per heavy atom. The molecule has 0 bridgehead atoms. The smallest absolute Gasteiger partial charge is 0.218 e. The molecule has 4 aromatic rings. The third-order valence-electron chi connectivity index (χ3n) is 5.58. The fourth-order valence-corrected chi connectivity index (χ4v) is 4.44. The first-order chi connectivity index (χ1) is 17.8. The Balaban J connectivity index is 1.21. The zero-order valence-electron chi connectivity index (χ0n) is 20.3. The van der Waals surface area contributed by atoms with Gasteiger partial charge in [0, 0.05) is 36.8 Å².